The van der Waals surface area contributed by atoms with Crippen molar-refractivity contribution in [2.24, 2.45) is 0 Å². The van der Waals surface area contributed by atoms with E-state index >= 15 is 0 Å². The van der Waals surface area contributed by atoms with Gasteiger partial charge in [0.25, 0.3) is 0 Å². The molecule has 182 valence electrons. The normalized spacial score (nSPS) is 11.1. The number of halogens is 3. The van der Waals surface area contributed by atoms with Gasteiger partial charge in [0, 0.05) is 30.4 Å². The van der Waals surface area contributed by atoms with Crippen molar-refractivity contribution in [3.8, 4) is 6.07 Å². The van der Waals surface area contributed by atoms with Gasteiger partial charge in [-0.2, -0.15) is 14.0 Å². The Kier molecular flexibility index (Phi) is 8.52. The van der Waals surface area contributed by atoms with Crippen LogP contribution in [0.4, 0.5) is 14.6 Å². The number of nitrogens with one attached hydrogen (secondary N) is 3. The second-order valence-electron chi connectivity index (χ2n) is 7.67. The second kappa shape index (κ2) is 11.6. The Morgan fingerprint density at radius 3 is 2.69 bits per heavy atom. The van der Waals surface area contributed by atoms with Gasteiger partial charge in [0.1, 0.15) is 11.8 Å². The third-order valence-corrected chi connectivity index (χ3v) is 5.43. The van der Waals surface area contributed by atoms with E-state index in [0.29, 0.717) is 16.3 Å². The molecule has 4 N–H and O–H groups in total. The molecule has 3 rings (SSSR count). The maximum Gasteiger partial charge on any atom is 0.325 e. The number of hydrogen-bond acceptors (Lipinski definition) is 6. The highest BCUT2D eigenvalue weighted by atomic mass is 35.5. The first kappa shape index (κ1) is 25.8. The number of anilines is 1. The molecule has 0 unspecified atom stereocenters. The summed E-state index contributed by atoms with van der Waals surface area (Å²) < 4.78 is 29.5. The smallest absolute Gasteiger partial charge is 0.325 e. The summed E-state index contributed by atoms with van der Waals surface area (Å²) in [6.45, 7) is -0.0997. The fourth-order valence-electron chi connectivity index (χ4n) is 3.40. The van der Waals surface area contributed by atoms with E-state index in [2.05, 4.69) is 20.9 Å². The van der Waals surface area contributed by atoms with Gasteiger partial charge in [-0.15, -0.1) is 0 Å². The van der Waals surface area contributed by atoms with Crippen LogP contribution in [0.2, 0.25) is 5.02 Å². The molecule has 0 aliphatic rings. The third kappa shape index (κ3) is 6.62. The first-order valence-corrected chi connectivity index (χ1v) is 11.0. The molecule has 0 bridgehead atoms. The number of nitrogens with zero attached hydrogens (tertiary/aromatic N) is 3. The second-order valence-corrected chi connectivity index (χ2v) is 8.11. The number of carbonyl (C=O) groups excluding carboxylic acids is 1. The van der Waals surface area contributed by atoms with Crippen molar-refractivity contribution >= 4 is 23.3 Å². The Morgan fingerprint density at radius 2 is 2.00 bits per heavy atom. The van der Waals surface area contributed by atoms with Crippen LogP contribution in [0.25, 0.3) is 0 Å². The zero-order chi connectivity index (χ0) is 25.4. The molecule has 0 radical (unpaired) electrons. The molecular formula is C24H24ClF2N6O2+. The van der Waals surface area contributed by atoms with Gasteiger partial charge >= 0.3 is 11.7 Å². The fourth-order valence-corrected chi connectivity index (χ4v) is 3.59. The molecule has 0 atom stereocenters. The average molecular weight is 502 g/mol. The van der Waals surface area contributed by atoms with Crippen LogP contribution in [0, 0.1) is 11.3 Å². The van der Waals surface area contributed by atoms with Crippen LogP contribution in [0.5, 0.6) is 0 Å². The Hall–Kier alpha value is -3.81. The maximum absolute atomic E-state index is 14.5. The lowest BCUT2D eigenvalue weighted by Crippen LogP contribution is -2.43. The van der Waals surface area contributed by atoms with Gasteiger partial charge in [-0.05, 0) is 53.2 Å². The van der Waals surface area contributed by atoms with Crippen molar-refractivity contribution in [2.45, 2.75) is 25.4 Å². The number of aromatic nitrogens is 2. The monoisotopic (exact) mass is 501 g/mol. The molecule has 3 aromatic rings. The summed E-state index contributed by atoms with van der Waals surface area (Å²) in [7, 11) is 1.80. The summed E-state index contributed by atoms with van der Waals surface area (Å²) >= 11 is 6.07. The van der Waals surface area contributed by atoms with Gasteiger partial charge < -0.3 is 15.8 Å². The molecule has 0 spiro atoms. The molecule has 0 aliphatic heterocycles. The Morgan fingerprint density at radius 1 is 1.20 bits per heavy atom. The van der Waals surface area contributed by atoms with Crippen molar-refractivity contribution in [3.63, 3.8) is 0 Å². The number of carbonyl (C=O) groups is 1. The van der Waals surface area contributed by atoms with Gasteiger partial charge in [-0.25, -0.2) is 0 Å². The Balaban J connectivity index is 1.72. The first-order valence-electron chi connectivity index (χ1n) is 10.6. The molecule has 35 heavy (non-hydrogen) atoms. The molecular weight excluding hydrogens is 478 g/mol. The molecule has 2 aromatic heterocycles. The quantitative estimate of drug-likeness (QED) is 0.251. The summed E-state index contributed by atoms with van der Waals surface area (Å²) in [4.78, 5) is 16.3. The van der Waals surface area contributed by atoms with Crippen LogP contribution in [0.1, 0.15) is 28.1 Å². The lowest BCUT2D eigenvalue weighted by Gasteiger charge is -2.14. The molecule has 0 saturated heterocycles. The number of benzene rings is 1. The highest BCUT2D eigenvalue weighted by Gasteiger charge is 2.36. The van der Waals surface area contributed by atoms with Crippen molar-refractivity contribution in [2.75, 3.05) is 18.9 Å². The number of amides is 1. The number of hydrogen-bond donors (Lipinski definition) is 4. The van der Waals surface area contributed by atoms with E-state index in [4.69, 9.17) is 11.6 Å². The van der Waals surface area contributed by atoms with Gasteiger partial charge in [-0.3, -0.25) is 15.1 Å². The molecule has 1 aromatic carbocycles. The minimum Gasteiger partial charge on any atom is -0.352 e. The number of nitriles is 1. The lowest BCUT2D eigenvalue weighted by atomic mass is 10.1. The largest absolute Gasteiger partial charge is 0.352 e. The van der Waals surface area contributed by atoms with E-state index in [1.807, 2.05) is 12.1 Å². The molecule has 0 aliphatic carbocycles. The van der Waals surface area contributed by atoms with Gasteiger partial charge in [0.05, 0.1) is 12.0 Å². The van der Waals surface area contributed by atoms with Crippen LogP contribution in [-0.4, -0.2) is 29.7 Å². The Bertz CT molecular complexity index is 1230. The van der Waals surface area contributed by atoms with E-state index in [0.717, 1.165) is 11.1 Å². The number of pyridine rings is 2. The fraction of sp³-hybridized carbons (Fsp3) is 0.250. The summed E-state index contributed by atoms with van der Waals surface area (Å²) in [5, 5.41) is 28.8. The molecule has 11 heteroatoms. The Labute approximate surface area is 206 Å². The summed E-state index contributed by atoms with van der Waals surface area (Å²) in [5.74, 6) is -3.90. The van der Waals surface area contributed by atoms with Crippen LogP contribution >= 0.6 is 11.6 Å². The third-order valence-electron chi connectivity index (χ3n) is 5.19. The molecule has 0 saturated carbocycles. The highest BCUT2D eigenvalue weighted by Crippen LogP contribution is 2.26. The summed E-state index contributed by atoms with van der Waals surface area (Å²) in [6.07, 6.45) is 0.909. The molecule has 2 heterocycles. The zero-order valence-electron chi connectivity index (χ0n) is 18.9. The molecule has 0 fully saturated rings. The van der Waals surface area contributed by atoms with Gasteiger partial charge in [-0.1, -0.05) is 23.7 Å². The van der Waals surface area contributed by atoms with Crippen molar-refractivity contribution in [1.82, 2.24) is 15.6 Å². The molecule has 1 amide bonds. The highest BCUT2D eigenvalue weighted by molar-refractivity contribution is 6.30. The maximum atomic E-state index is 14.5. The van der Waals surface area contributed by atoms with Gasteiger partial charge in [0.15, 0.2) is 12.2 Å². The van der Waals surface area contributed by atoms with E-state index < -0.39 is 24.1 Å². The minimum atomic E-state index is -3.32. The van der Waals surface area contributed by atoms with Crippen LogP contribution in [0.3, 0.4) is 0 Å². The lowest BCUT2D eigenvalue weighted by molar-refractivity contribution is -0.898. The predicted molar refractivity (Wildman–Crippen MR) is 125 cm³/mol. The topological polar surface area (TPSA) is 114 Å². The van der Waals surface area contributed by atoms with E-state index in [1.54, 1.807) is 19.2 Å². The molecule has 8 nitrogen and oxygen atoms in total. The summed E-state index contributed by atoms with van der Waals surface area (Å²) in [5.41, 5.74) is 1.32. The number of alkyl halides is 2. The van der Waals surface area contributed by atoms with E-state index in [1.165, 1.54) is 36.5 Å². The van der Waals surface area contributed by atoms with Crippen molar-refractivity contribution < 1.29 is 23.5 Å². The van der Waals surface area contributed by atoms with E-state index in [9.17, 15) is 24.0 Å². The van der Waals surface area contributed by atoms with Crippen LogP contribution < -0.4 is 20.7 Å². The number of rotatable bonds is 10. The zero-order valence-corrected chi connectivity index (χ0v) is 19.6. The average Bonchev–Trinajstić information content (AvgIpc) is 2.85. The standard InChI is InChI=1S/C24H23ClF2N6O2/c1-29-13-17-5-7-19(25)10-18(17)14-31-23(34)11-20-16(12-28)6-8-22(33(20)35)32-15-24(26,27)21-4-2-3-9-30-21/h2-10,29,35H,11,13-15H2,1H3,(H,31,34)/p+1. The van der Waals surface area contributed by atoms with Gasteiger partial charge in [0.2, 0.25) is 5.91 Å². The predicted octanol–water partition coefficient (Wildman–Crippen LogP) is 2.91. The van der Waals surface area contributed by atoms with E-state index in [-0.39, 0.29) is 30.0 Å². The SMILES string of the molecule is CNCc1ccc(Cl)cc1CNC(=O)Cc1c(C#N)ccc(NCC(F)(F)c2ccccn2)[n+]1O. The van der Waals surface area contributed by atoms with Crippen molar-refractivity contribution in [1.29, 1.82) is 5.26 Å². The minimum absolute atomic E-state index is 0.0308. The van der Waals surface area contributed by atoms with Crippen LogP contribution in [-0.2, 0) is 30.2 Å². The van der Waals surface area contributed by atoms with Crippen molar-refractivity contribution in [3.05, 3.63) is 87.8 Å². The van der Waals surface area contributed by atoms with Crippen LogP contribution in [0.15, 0.2) is 54.7 Å². The first-order chi connectivity index (χ1) is 16.7. The summed E-state index contributed by atoms with van der Waals surface area (Å²) in [6, 6.07) is 14.1.